The second-order valence-electron chi connectivity index (χ2n) is 6.19. The van der Waals surface area contributed by atoms with Gasteiger partial charge in [0, 0.05) is 19.3 Å². The zero-order valence-corrected chi connectivity index (χ0v) is 11.6. The largest absolute Gasteiger partial charge is 0.465 e. The maximum atomic E-state index is 12.7. The first-order chi connectivity index (χ1) is 9.99. The molecule has 1 aliphatic heterocycles. The van der Waals surface area contributed by atoms with Gasteiger partial charge in [-0.25, -0.2) is 13.6 Å². The van der Waals surface area contributed by atoms with Gasteiger partial charge in [0.1, 0.15) is 5.69 Å². The van der Waals surface area contributed by atoms with Gasteiger partial charge in [-0.2, -0.15) is 0 Å². The average Bonchev–Trinajstić information content (AvgIpc) is 2.45. The molecule has 2 fully saturated rings. The first-order valence-corrected chi connectivity index (χ1v) is 7.21. The molecular weight excluding hydrogens is 278 g/mol. The van der Waals surface area contributed by atoms with E-state index in [1.165, 1.54) is 17.2 Å². The van der Waals surface area contributed by atoms with Crippen molar-refractivity contribution in [3.63, 3.8) is 0 Å². The predicted molar refractivity (Wildman–Crippen MR) is 72.4 cm³/mol. The lowest BCUT2D eigenvalue weighted by atomic mass is 9.56. The zero-order valence-electron chi connectivity index (χ0n) is 11.6. The van der Waals surface area contributed by atoms with E-state index in [1.54, 1.807) is 0 Å². The SMILES string of the molecule is O=C(O)N1CCC2(CC1)CC(c1ccnc(C(F)F)c1)C2. The summed E-state index contributed by atoms with van der Waals surface area (Å²) in [6, 6.07) is 3.32. The van der Waals surface area contributed by atoms with Gasteiger partial charge in [0.2, 0.25) is 0 Å². The third-order valence-electron chi connectivity index (χ3n) is 4.95. The second kappa shape index (κ2) is 5.24. The molecule has 1 saturated carbocycles. The van der Waals surface area contributed by atoms with E-state index in [9.17, 15) is 13.6 Å². The smallest absolute Gasteiger partial charge is 0.407 e. The molecule has 6 heteroatoms. The number of carboxylic acid groups (broad SMARTS) is 1. The van der Waals surface area contributed by atoms with E-state index >= 15 is 0 Å². The van der Waals surface area contributed by atoms with Crippen LogP contribution in [0.2, 0.25) is 0 Å². The van der Waals surface area contributed by atoms with Crippen molar-refractivity contribution in [1.82, 2.24) is 9.88 Å². The monoisotopic (exact) mass is 296 g/mol. The summed E-state index contributed by atoms with van der Waals surface area (Å²) in [6.07, 6.45) is 1.76. The van der Waals surface area contributed by atoms with E-state index in [1.807, 2.05) is 6.07 Å². The van der Waals surface area contributed by atoms with Gasteiger partial charge in [-0.15, -0.1) is 0 Å². The first kappa shape index (κ1) is 14.2. The van der Waals surface area contributed by atoms with Crippen LogP contribution >= 0.6 is 0 Å². The van der Waals surface area contributed by atoms with Crippen LogP contribution in [0, 0.1) is 5.41 Å². The summed E-state index contributed by atoms with van der Waals surface area (Å²) < 4.78 is 25.4. The Kier molecular flexibility index (Phi) is 3.55. The summed E-state index contributed by atoms with van der Waals surface area (Å²) in [5.41, 5.74) is 0.992. The Morgan fingerprint density at radius 1 is 1.38 bits per heavy atom. The standard InChI is InChI=1S/C15H18F2N2O2/c16-13(17)12-7-10(1-4-18-12)11-8-15(9-11)2-5-19(6-3-15)14(20)21/h1,4,7,11,13H,2-3,5-6,8-9H2,(H,20,21). The number of likely N-dealkylation sites (tertiary alicyclic amines) is 1. The molecule has 114 valence electrons. The number of amides is 1. The Bertz CT molecular complexity index is 534. The molecule has 1 aromatic heterocycles. The molecule has 0 bridgehead atoms. The van der Waals surface area contributed by atoms with Crippen molar-refractivity contribution in [3.8, 4) is 0 Å². The molecule has 0 atom stereocenters. The fourth-order valence-electron chi connectivity index (χ4n) is 3.64. The molecule has 0 unspecified atom stereocenters. The van der Waals surface area contributed by atoms with Crippen LogP contribution in [0.4, 0.5) is 13.6 Å². The number of halogens is 2. The maximum Gasteiger partial charge on any atom is 0.407 e. The molecule has 1 aromatic rings. The summed E-state index contributed by atoms with van der Waals surface area (Å²) in [4.78, 5) is 16.1. The van der Waals surface area contributed by atoms with Crippen LogP contribution in [0.1, 0.15) is 49.3 Å². The van der Waals surface area contributed by atoms with Crippen LogP contribution in [0.15, 0.2) is 18.3 Å². The van der Waals surface area contributed by atoms with E-state index in [0.29, 0.717) is 19.0 Å². The molecule has 1 amide bonds. The van der Waals surface area contributed by atoms with Crippen LogP contribution < -0.4 is 0 Å². The summed E-state index contributed by atoms with van der Waals surface area (Å²) in [5.74, 6) is 0.307. The van der Waals surface area contributed by atoms with E-state index < -0.39 is 12.5 Å². The van der Waals surface area contributed by atoms with Crippen molar-refractivity contribution in [3.05, 3.63) is 29.6 Å². The molecule has 0 radical (unpaired) electrons. The Labute approximate surface area is 121 Å². The Morgan fingerprint density at radius 2 is 2.05 bits per heavy atom. The molecule has 1 N–H and O–H groups in total. The predicted octanol–water partition coefficient (Wildman–Crippen LogP) is 3.66. The number of piperidine rings is 1. The molecular formula is C15H18F2N2O2. The number of rotatable bonds is 2. The van der Waals surface area contributed by atoms with Gasteiger partial charge in [-0.05, 0) is 54.7 Å². The molecule has 21 heavy (non-hydrogen) atoms. The van der Waals surface area contributed by atoms with Crippen LogP contribution in [0.5, 0.6) is 0 Å². The lowest BCUT2D eigenvalue weighted by Gasteiger charge is -2.52. The highest BCUT2D eigenvalue weighted by atomic mass is 19.3. The fraction of sp³-hybridized carbons (Fsp3) is 0.600. The molecule has 0 aromatic carbocycles. The quantitative estimate of drug-likeness (QED) is 0.906. The van der Waals surface area contributed by atoms with E-state index in [0.717, 1.165) is 31.2 Å². The Balaban J connectivity index is 1.61. The van der Waals surface area contributed by atoms with Crippen molar-refractivity contribution in [2.24, 2.45) is 5.41 Å². The summed E-state index contributed by atoms with van der Waals surface area (Å²) in [6.45, 7) is 1.17. The maximum absolute atomic E-state index is 12.7. The Morgan fingerprint density at radius 3 is 2.62 bits per heavy atom. The lowest BCUT2D eigenvalue weighted by molar-refractivity contribution is 0.0188. The number of hydrogen-bond donors (Lipinski definition) is 1. The highest BCUT2D eigenvalue weighted by molar-refractivity contribution is 5.65. The van der Waals surface area contributed by atoms with Crippen LogP contribution in [-0.4, -0.2) is 34.2 Å². The van der Waals surface area contributed by atoms with E-state index in [-0.39, 0.29) is 11.1 Å². The minimum atomic E-state index is -2.53. The summed E-state index contributed by atoms with van der Waals surface area (Å²) >= 11 is 0. The van der Waals surface area contributed by atoms with Gasteiger partial charge in [0.25, 0.3) is 6.43 Å². The molecule has 1 spiro atoms. The van der Waals surface area contributed by atoms with Gasteiger partial charge < -0.3 is 10.0 Å². The third-order valence-corrected chi connectivity index (χ3v) is 4.95. The zero-order chi connectivity index (χ0) is 15.0. The molecule has 4 nitrogen and oxygen atoms in total. The van der Waals surface area contributed by atoms with Crippen LogP contribution in [0.25, 0.3) is 0 Å². The molecule has 3 rings (SSSR count). The van der Waals surface area contributed by atoms with Crippen LogP contribution in [0.3, 0.4) is 0 Å². The van der Waals surface area contributed by atoms with Crippen molar-refractivity contribution in [2.75, 3.05) is 13.1 Å². The minimum Gasteiger partial charge on any atom is -0.465 e. The lowest BCUT2D eigenvalue weighted by Crippen LogP contribution is -2.47. The van der Waals surface area contributed by atoms with Crippen molar-refractivity contribution in [1.29, 1.82) is 0 Å². The van der Waals surface area contributed by atoms with Crippen molar-refractivity contribution in [2.45, 2.75) is 38.0 Å². The molecule has 2 aliphatic rings. The van der Waals surface area contributed by atoms with Gasteiger partial charge in [0.15, 0.2) is 0 Å². The number of carbonyl (C=O) groups is 1. The molecule has 1 saturated heterocycles. The summed E-state index contributed by atoms with van der Waals surface area (Å²) in [5, 5.41) is 8.96. The van der Waals surface area contributed by atoms with Gasteiger partial charge in [0.05, 0.1) is 0 Å². The number of hydrogen-bond acceptors (Lipinski definition) is 2. The van der Waals surface area contributed by atoms with Gasteiger partial charge >= 0.3 is 6.09 Å². The average molecular weight is 296 g/mol. The summed E-state index contributed by atoms with van der Waals surface area (Å²) in [7, 11) is 0. The van der Waals surface area contributed by atoms with E-state index in [4.69, 9.17) is 5.11 Å². The highest BCUT2D eigenvalue weighted by Crippen LogP contribution is 2.56. The topological polar surface area (TPSA) is 53.4 Å². The Hall–Kier alpha value is -1.72. The fourth-order valence-corrected chi connectivity index (χ4v) is 3.64. The highest BCUT2D eigenvalue weighted by Gasteiger charge is 2.46. The number of aromatic nitrogens is 1. The van der Waals surface area contributed by atoms with Crippen molar-refractivity contribution >= 4 is 6.09 Å². The number of alkyl halides is 2. The molecule has 2 heterocycles. The van der Waals surface area contributed by atoms with Crippen molar-refractivity contribution < 1.29 is 18.7 Å². The first-order valence-electron chi connectivity index (χ1n) is 7.21. The molecule has 1 aliphatic carbocycles. The minimum absolute atomic E-state index is 0.158. The second-order valence-corrected chi connectivity index (χ2v) is 6.19. The van der Waals surface area contributed by atoms with Gasteiger partial charge in [-0.1, -0.05) is 0 Å². The number of pyridine rings is 1. The normalized spacial score (nSPS) is 21.6. The van der Waals surface area contributed by atoms with E-state index in [2.05, 4.69) is 4.98 Å². The van der Waals surface area contributed by atoms with Crippen LogP contribution in [-0.2, 0) is 0 Å². The third kappa shape index (κ3) is 2.71. The number of nitrogens with zero attached hydrogens (tertiary/aromatic N) is 2. The van der Waals surface area contributed by atoms with Gasteiger partial charge in [-0.3, -0.25) is 4.98 Å².